The predicted molar refractivity (Wildman–Crippen MR) is 108 cm³/mol. The molecule has 1 saturated heterocycles. The zero-order chi connectivity index (χ0) is 20.4. The molecule has 3 aromatic rings. The summed E-state index contributed by atoms with van der Waals surface area (Å²) in [7, 11) is 1.62. The number of hydrogen-bond donors (Lipinski definition) is 0. The van der Waals surface area contributed by atoms with Crippen LogP contribution in [0, 0.1) is 13.8 Å². The molecular weight excluding hydrogens is 370 g/mol. The quantitative estimate of drug-likeness (QED) is 0.674. The van der Waals surface area contributed by atoms with Gasteiger partial charge in [0.15, 0.2) is 5.82 Å². The van der Waals surface area contributed by atoms with Crippen molar-refractivity contribution in [3.63, 3.8) is 0 Å². The van der Waals surface area contributed by atoms with Crippen molar-refractivity contribution in [1.82, 2.24) is 20.0 Å². The van der Waals surface area contributed by atoms with Gasteiger partial charge in [-0.15, -0.1) is 0 Å². The van der Waals surface area contributed by atoms with E-state index in [1.165, 1.54) is 0 Å². The number of ether oxygens (including phenoxy) is 1. The number of benzene rings is 1. The number of rotatable bonds is 4. The summed E-state index contributed by atoms with van der Waals surface area (Å²) in [5.41, 5.74) is 2.45. The lowest BCUT2D eigenvalue weighted by molar-refractivity contribution is 0.0746. The maximum Gasteiger partial charge on any atom is 0.261 e. The maximum absolute atomic E-state index is 12.9. The summed E-state index contributed by atoms with van der Waals surface area (Å²) in [6.07, 6.45) is 1.75. The zero-order valence-corrected chi connectivity index (χ0v) is 16.8. The maximum atomic E-state index is 12.9. The van der Waals surface area contributed by atoms with Gasteiger partial charge in [-0.05, 0) is 43.7 Å². The number of aryl methyl sites for hydroxylation is 2. The SMILES string of the molecule is COc1cc(C(=O)N2CCN(c3ncccc3-c3nc(C)no3)CC2)ccc1C. The minimum atomic E-state index is 0.0109. The molecule has 0 radical (unpaired) electrons. The van der Waals surface area contributed by atoms with Crippen molar-refractivity contribution in [1.29, 1.82) is 0 Å². The van der Waals surface area contributed by atoms with E-state index in [-0.39, 0.29) is 5.91 Å². The Kier molecular flexibility index (Phi) is 5.16. The van der Waals surface area contributed by atoms with Crippen molar-refractivity contribution in [2.75, 3.05) is 38.2 Å². The number of anilines is 1. The van der Waals surface area contributed by atoms with Crippen molar-refractivity contribution < 1.29 is 14.1 Å². The summed E-state index contributed by atoms with van der Waals surface area (Å²) in [5.74, 6) is 2.56. The lowest BCUT2D eigenvalue weighted by atomic mass is 10.1. The second-order valence-electron chi connectivity index (χ2n) is 6.98. The van der Waals surface area contributed by atoms with Gasteiger partial charge >= 0.3 is 0 Å². The third-order valence-corrected chi connectivity index (χ3v) is 5.07. The number of carbonyl (C=O) groups is 1. The molecule has 0 aliphatic carbocycles. The molecule has 1 aliphatic heterocycles. The minimum Gasteiger partial charge on any atom is -0.496 e. The van der Waals surface area contributed by atoms with Crippen LogP contribution in [0.15, 0.2) is 41.1 Å². The van der Waals surface area contributed by atoms with E-state index in [1.807, 2.05) is 36.1 Å². The highest BCUT2D eigenvalue weighted by Gasteiger charge is 2.26. The Morgan fingerprint density at radius 2 is 1.93 bits per heavy atom. The Bertz CT molecular complexity index is 1020. The van der Waals surface area contributed by atoms with E-state index in [9.17, 15) is 4.79 Å². The average Bonchev–Trinajstić information content (AvgIpc) is 3.20. The lowest BCUT2D eigenvalue weighted by Gasteiger charge is -2.36. The van der Waals surface area contributed by atoms with Gasteiger partial charge in [0.05, 0.1) is 12.7 Å². The summed E-state index contributed by atoms with van der Waals surface area (Å²) in [5, 5.41) is 3.87. The van der Waals surface area contributed by atoms with Crippen LogP contribution in [-0.4, -0.2) is 59.2 Å². The first-order valence-corrected chi connectivity index (χ1v) is 9.51. The third-order valence-electron chi connectivity index (χ3n) is 5.07. The Hall–Kier alpha value is -3.42. The number of amides is 1. The van der Waals surface area contributed by atoms with E-state index in [1.54, 1.807) is 26.3 Å². The van der Waals surface area contributed by atoms with Crippen molar-refractivity contribution in [3.05, 3.63) is 53.5 Å². The fourth-order valence-corrected chi connectivity index (χ4v) is 3.48. The molecule has 1 aromatic carbocycles. The van der Waals surface area contributed by atoms with Crippen LogP contribution in [0.5, 0.6) is 5.75 Å². The summed E-state index contributed by atoms with van der Waals surface area (Å²) in [4.78, 5) is 25.8. The highest BCUT2D eigenvalue weighted by Crippen LogP contribution is 2.28. The summed E-state index contributed by atoms with van der Waals surface area (Å²) in [6, 6.07) is 9.34. The number of piperazine rings is 1. The first-order valence-electron chi connectivity index (χ1n) is 9.51. The standard InChI is InChI=1S/C21H23N5O3/c1-14-6-7-16(13-18(14)28-3)21(27)26-11-9-25(10-12-26)19-17(5-4-8-22-19)20-23-15(2)24-29-20/h4-8,13H,9-12H2,1-3H3. The molecule has 4 rings (SSSR count). The molecule has 3 heterocycles. The van der Waals surface area contributed by atoms with Gasteiger partial charge in [0.1, 0.15) is 11.6 Å². The molecule has 1 aliphatic rings. The molecule has 0 atom stereocenters. The minimum absolute atomic E-state index is 0.0109. The van der Waals surface area contributed by atoms with E-state index in [0.717, 1.165) is 22.7 Å². The number of hydrogen-bond acceptors (Lipinski definition) is 7. The molecule has 29 heavy (non-hydrogen) atoms. The largest absolute Gasteiger partial charge is 0.496 e. The Morgan fingerprint density at radius 3 is 2.62 bits per heavy atom. The molecule has 8 heteroatoms. The van der Waals surface area contributed by atoms with Gasteiger partial charge in [0.2, 0.25) is 0 Å². The monoisotopic (exact) mass is 393 g/mol. The van der Waals surface area contributed by atoms with Crippen LogP contribution in [0.25, 0.3) is 11.5 Å². The molecule has 0 bridgehead atoms. The highest BCUT2D eigenvalue weighted by molar-refractivity contribution is 5.95. The van der Waals surface area contributed by atoms with Gasteiger partial charge in [0, 0.05) is 37.9 Å². The molecule has 0 N–H and O–H groups in total. The number of aromatic nitrogens is 3. The smallest absolute Gasteiger partial charge is 0.261 e. The molecular formula is C21H23N5O3. The van der Waals surface area contributed by atoms with E-state index in [2.05, 4.69) is 20.0 Å². The predicted octanol–water partition coefficient (Wildman–Crippen LogP) is 2.72. The highest BCUT2D eigenvalue weighted by atomic mass is 16.5. The number of nitrogens with zero attached hydrogens (tertiary/aromatic N) is 5. The topological polar surface area (TPSA) is 84.6 Å². The summed E-state index contributed by atoms with van der Waals surface area (Å²) >= 11 is 0. The molecule has 0 spiro atoms. The van der Waals surface area contributed by atoms with E-state index in [0.29, 0.717) is 43.5 Å². The summed E-state index contributed by atoms with van der Waals surface area (Å²) in [6.45, 7) is 6.30. The lowest BCUT2D eigenvalue weighted by Crippen LogP contribution is -2.49. The molecule has 0 saturated carbocycles. The molecule has 150 valence electrons. The van der Waals surface area contributed by atoms with Crippen molar-refractivity contribution in [2.45, 2.75) is 13.8 Å². The van der Waals surface area contributed by atoms with Crippen LogP contribution in [0.1, 0.15) is 21.7 Å². The van der Waals surface area contributed by atoms with Crippen molar-refractivity contribution >= 4 is 11.7 Å². The third kappa shape index (κ3) is 3.78. The van der Waals surface area contributed by atoms with Crippen LogP contribution >= 0.6 is 0 Å². The van der Waals surface area contributed by atoms with Gasteiger partial charge in [0.25, 0.3) is 11.8 Å². The summed E-state index contributed by atoms with van der Waals surface area (Å²) < 4.78 is 10.7. The van der Waals surface area contributed by atoms with E-state index in [4.69, 9.17) is 9.26 Å². The van der Waals surface area contributed by atoms with Crippen LogP contribution in [0.2, 0.25) is 0 Å². The average molecular weight is 393 g/mol. The Labute approximate surface area is 169 Å². The second-order valence-corrected chi connectivity index (χ2v) is 6.98. The first kappa shape index (κ1) is 18.9. The van der Waals surface area contributed by atoms with Crippen molar-refractivity contribution in [3.8, 4) is 17.2 Å². The Balaban J connectivity index is 1.48. The van der Waals surface area contributed by atoms with Gasteiger partial charge < -0.3 is 19.1 Å². The first-order chi connectivity index (χ1) is 14.1. The number of methoxy groups -OCH3 is 1. The Morgan fingerprint density at radius 1 is 1.14 bits per heavy atom. The fraction of sp³-hybridized carbons (Fsp3) is 0.333. The van der Waals surface area contributed by atoms with Crippen LogP contribution in [0.3, 0.4) is 0 Å². The van der Waals surface area contributed by atoms with Gasteiger partial charge in [-0.1, -0.05) is 11.2 Å². The van der Waals surface area contributed by atoms with Crippen LogP contribution in [-0.2, 0) is 0 Å². The molecule has 2 aromatic heterocycles. The van der Waals surface area contributed by atoms with E-state index >= 15 is 0 Å². The molecule has 1 fully saturated rings. The van der Waals surface area contributed by atoms with Crippen LogP contribution in [0.4, 0.5) is 5.82 Å². The molecule has 8 nitrogen and oxygen atoms in total. The van der Waals surface area contributed by atoms with Gasteiger partial charge in [-0.2, -0.15) is 4.98 Å². The number of carbonyl (C=O) groups excluding carboxylic acids is 1. The second kappa shape index (κ2) is 7.90. The van der Waals surface area contributed by atoms with Crippen LogP contribution < -0.4 is 9.64 Å². The van der Waals surface area contributed by atoms with E-state index < -0.39 is 0 Å². The zero-order valence-electron chi connectivity index (χ0n) is 16.8. The van der Waals surface area contributed by atoms with Gasteiger partial charge in [-0.3, -0.25) is 4.79 Å². The molecule has 0 unspecified atom stereocenters. The van der Waals surface area contributed by atoms with Gasteiger partial charge in [-0.25, -0.2) is 4.98 Å². The fourth-order valence-electron chi connectivity index (χ4n) is 3.48. The van der Waals surface area contributed by atoms with Crippen molar-refractivity contribution in [2.24, 2.45) is 0 Å². The number of pyridine rings is 1. The molecule has 1 amide bonds. The normalized spacial score (nSPS) is 14.2.